The van der Waals surface area contributed by atoms with Gasteiger partial charge in [-0.05, 0) is 18.4 Å². The van der Waals surface area contributed by atoms with Gasteiger partial charge in [0.15, 0.2) is 5.82 Å². The lowest BCUT2D eigenvalue weighted by Gasteiger charge is -2.40. The summed E-state index contributed by atoms with van der Waals surface area (Å²) in [6.45, 7) is 5.43. The molecule has 10 nitrogen and oxygen atoms in total. The number of hydrogen-bond donors (Lipinski definition) is 1. The minimum Gasteiger partial charge on any atom is -0.348 e. The van der Waals surface area contributed by atoms with Crippen LogP contribution in [0.5, 0.6) is 0 Å². The molecule has 1 aliphatic heterocycles. The minimum absolute atomic E-state index is 0.0359. The average Bonchev–Trinajstić information content (AvgIpc) is 3.51. The van der Waals surface area contributed by atoms with Crippen molar-refractivity contribution in [3.63, 3.8) is 0 Å². The molecule has 1 unspecified atom stereocenters. The Morgan fingerprint density at radius 3 is 3.06 bits per heavy atom. The number of piperazine rings is 1. The lowest BCUT2D eigenvalue weighted by Crippen LogP contribution is -2.54. The van der Waals surface area contributed by atoms with Crippen LogP contribution in [0.2, 0.25) is 0 Å². The average molecular weight is 438 g/mol. The maximum absolute atomic E-state index is 12.7. The van der Waals surface area contributed by atoms with E-state index < -0.39 is 0 Å². The van der Waals surface area contributed by atoms with Crippen LogP contribution in [-0.2, 0) is 11.3 Å². The maximum Gasteiger partial charge on any atom is 0.239 e. The highest BCUT2D eigenvalue weighted by Gasteiger charge is 2.27. The fourth-order valence-electron chi connectivity index (χ4n) is 3.94. The van der Waals surface area contributed by atoms with Gasteiger partial charge in [0.1, 0.15) is 12.1 Å². The lowest BCUT2D eigenvalue weighted by atomic mass is 10.2. The fourth-order valence-corrected chi connectivity index (χ4v) is 4.63. The second kappa shape index (κ2) is 8.44. The number of nitrogens with zero attached hydrogens (tertiary/aromatic N) is 8. The molecule has 0 aromatic carbocycles. The molecule has 4 aromatic rings. The Hall–Kier alpha value is -3.31. The number of hydrogen-bond acceptors (Lipinski definition) is 8. The summed E-state index contributed by atoms with van der Waals surface area (Å²) in [6.07, 6.45) is 6.99. The van der Waals surface area contributed by atoms with Crippen molar-refractivity contribution in [3.05, 3.63) is 53.4 Å². The zero-order chi connectivity index (χ0) is 21.2. The first-order chi connectivity index (χ1) is 15.2. The molecular weight excluding hydrogens is 414 g/mol. The van der Waals surface area contributed by atoms with Crippen molar-refractivity contribution in [3.8, 4) is 0 Å². The molecule has 0 bridgehead atoms. The molecule has 11 heteroatoms. The van der Waals surface area contributed by atoms with E-state index in [1.165, 1.54) is 4.88 Å². The summed E-state index contributed by atoms with van der Waals surface area (Å²) in [5.74, 6) is 1.51. The second-order valence-corrected chi connectivity index (χ2v) is 8.62. The van der Waals surface area contributed by atoms with Gasteiger partial charge in [-0.2, -0.15) is 5.10 Å². The van der Waals surface area contributed by atoms with Crippen molar-refractivity contribution in [2.75, 3.05) is 36.4 Å². The predicted octanol–water partition coefficient (Wildman–Crippen LogP) is 1.58. The monoisotopic (exact) mass is 437 g/mol. The molecule has 1 N–H and O–H groups in total. The van der Waals surface area contributed by atoms with E-state index in [0.29, 0.717) is 18.9 Å². The standard InChI is InChI=1S/C20H23N9OS/c1-15-11-26(8-9-28(15)19-20-25-22-14-27(20)7-6-21-19)13-18(30)24-17-4-5-23-29(17)12-16-3-2-10-31-16/h2-7,10,14-15H,8-9,11-13H2,1H3,(H,24,30). The molecule has 1 fully saturated rings. The van der Waals surface area contributed by atoms with Gasteiger partial charge in [0.05, 0.1) is 19.3 Å². The molecule has 31 heavy (non-hydrogen) atoms. The molecule has 4 aromatic heterocycles. The Morgan fingerprint density at radius 1 is 1.29 bits per heavy atom. The largest absolute Gasteiger partial charge is 0.348 e. The Balaban J connectivity index is 1.19. The van der Waals surface area contributed by atoms with Gasteiger partial charge in [-0.15, -0.1) is 21.5 Å². The maximum atomic E-state index is 12.7. The molecular formula is C20H23N9OS. The molecule has 1 atom stereocenters. The molecule has 5 rings (SSSR count). The quantitative estimate of drug-likeness (QED) is 0.489. The fraction of sp³-hybridized carbons (Fsp3) is 0.350. The summed E-state index contributed by atoms with van der Waals surface area (Å²) in [5.41, 5.74) is 0.750. The van der Waals surface area contributed by atoms with Crippen molar-refractivity contribution in [2.24, 2.45) is 0 Å². The minimum atomic E-state index is -0.0359. The third-order valence-corrected chi connectivity index (χ3v) is 6.28. The van der Waals surface area contributed by atoms with Crippen LogP contribution in [0.4, 0.5) is 11.6 Å². The number of carbonyl (C=O) groups is 1. The molecule has 1 amide bonds. The third-order valence-electron chi connectivity index (χ3n) is 5.42. The van der Waals surface area contributed by atoms with Gasteiger partial charge in [-0.25, -0.2) is 9.67 Å². The molecule has 160 valence electrons. The Bertz CT molecular complexity index is 1170. The van der Waals surface area contributed by atoms with Crippen LogP contribution in [0, 0.1) is 0 Å². The predicted molar refractivity (Wildman–Crippen MR) is 118 cm³/mol. The number of aromatic nitrogens is 6. The van der Waals surface area contributed by atoms with Crippen molar-refractivity contribution >= 4 is 34.5 Å². The molecule has 0 radical (unpaired) electrons. The topological polar surface area (TPSA) is 96.5 Å². The van der Waals surface area contributed by atoms with Crippen LogP contribution in [0.3, 0.4) is 0 Å². The van der Waals surface area contributed by atoms with E-state index in [1.807, 2.05) is 32.8 Å². The summed E-state index contributed by atoms with van der Waals surface area (Å²) < 4.78 is 3.68. The van der Waals surface area contributed by atoms with E-state index in [4.69, 9.17) is 0 Å². The van der Waals surface area contributed by atoms with Crippen LogP contribution in [0.25, 0.3) is 5.65 Å². The normalized spacial score (nSPS) is 17.3. The van der Waals surface area contributed by atoms with Crippen LogP contribution in [-0.4, -0.2) is 72.4 Å². The number of rotatable bonds is 6. The van der Waals surface area contributed by atoms with Crippen molar-refractivity contribution in [1.82, 2.24) is 34.3 Å². The SMILES string of the molecule is CC1CN(CC(=O)Nc2ccnn2Cc2cccs2)CCN1c1nccn2cnnc12. The highest BCUT2D eigenvalue weighted by molar-refractivity contribution is 7.09. The Labute approximate surface area is 183 Å². The number of amides is 1. The second-order valence-electron chi connectivity index (χ2n) is 7.59. The summed E-state index contributed by atoms with van der Waals surface area (Å²) in [6, 6.07) is 6.10. The summed E-state index contributed by atoms with van der Waals surface area (Å²) in [5, 5.41) is 17.6. The van der Waals surface area contributed by atoms with Crippen molar-refractivity contribution in [2.45, 2.75) is 19.5 Å². The Morgan fingerprint density at radius 2 is 2.23 bits per heavy atom. The zero-order valence-electron chi connectivity index (χ0n) is 17.1. The third kappa shape index (κ3) is 4.14. The van der Waals surface area contributed by atoms with Gasteiger partial charge in [0, 0.05) is 49.0 Å². The molecule has 1 saturated heterocycles. The molecule has 5 heterocycles. The summed E-state index contributed by atoms with van der Waals surface area (Å²) in [7, 11) is 0. The highest BCUT2D eigenvalue weighted by Crippen LogP contribution is 2.22. The Kier molecular flexibility index (Phi) is 5.35. The van der Waals surface area contributed by atoms with Gasteiger partial charge >= 0.3 is 0 Å². The first-order valence-corrected chi connectivity index (χ1v) is 11.0. The van der Waals surface area contributed by atoms with Crippen LogP contribution < -0.4 is 10.2 Å². The van der Waals surface area contributed by atoms with Gasteiger partial charge in [-0.1, -0.05) is 6.07 Å². The van der Waals surface area contributed by atoms with E-state index in [-0.39, 0.29) is 11.9 Å². The first kappa shape index (κ1) is 19.6. The van der Waals surface area contributed by atoms with Gasteiger partial charge in [0.25, 0.3) is 0 Å². The molecule has 1 aliphatic rings. The molecule has 0 aliphatic carbocycles. The van der Waals surface area contributed by atoms with E-state index in [2.05, 4.69) is 48.4 Å². The summed E-state index contributed by atoms with van der Waals surface area (Å²) in [4.78, 5) is 22.8. The van der Waals surface area contributed by atoms with Crippen LogP contribution in [0.15, 0.2) is 48.5 Å². The number of thiophene rings is 1. The number of fused-ring (bicyclic) bond motifs is 1. The van der Waals surface area contributed by atoms with Crippen LogP contribution >= 0.6 is 11.3 Å². The molecule has 0 spiro atoms. The summed E-state index contributed by atoms with van der Waals surface area (Å²) >= 11 is 1.68. The van der Waals surface area contributed by atoms with E-state index in [0.717, 1.165) is 31.1 Å². The van der Waals surface area contributed by atoms with E-state index >= 15 is 0 Å². The number of carbonyl (C=O) groups excluding carboxylic acids is 1. The number of anilines is 2. The van der Waals surface area contributed by atoms with Gasteiger partial charge in [0.2, 0.25) is 11.6 Å². The number of nitrogens with one attached hydrogen (secondary N) is 1. The smallest absolute Gasteiger partial charge is 0.239 e. The van der Waals surface area contributed by atoms with E-state index in [1.54, 1.807) is 30.1 Å². The van der Waals surface area contributed by atoms with Crippen LogP contribution in [0.1, 0.15) is 11.8 Å². The van der Waals surface area contributed by atoms with Gasteiger partial charge in [-0.3, -0.25) is 14.1 Å². The zero-order valence-corrected chi connectivity index (χ0v) is 17.9. The van der Waals surface area contributed by atoms with E-state index in [9.17, 15) is 4.79 Å². The van der Waals surface area contributed by atoms with Crippen molar-refractivity contribution < 1.29 is 4.79 Å². The van der Waals surface area contributed by atoms with Crippen molar-refractivity contribution in [1.29, 1.82) is 0 Å². The van der Waals surface area contributed by atoms with Gasteiger partial charge < -0.3 is 10.2 Å². The molecule has 0 saturated carbocycles. The first-order valence-electron chi connectivity index (χ1n) is 10.1. The highest BCUT2D eigenvalue weighted by atomic mass is 32.1. The lowest BCUT2D eigenvalue weighted by molar-refractivity contribution is -0.117.